The van der Waals surface area contributed by atoms with Gasteiger partial charge >= 0.3 is 0 Å². The molecule has 2 aliphatic heterocycles. The number of rotatable bonds is 5. The fraction of sp³-hybridized carbons (Fsp3) is 0.333. The molecule has 2 aromatic carbocycles. The Labute approximate surface area is 172 Å². The van der Waals surface area contributed by atoms with Crippen molar-refractivity contribution >= 4 is 23.6 Å². The van der Waals surface area contributed by atoms with Gasteiger partial charge in [0, 0.05) is 32.7 Å². The van der Waals surface area contributed by atoms with Crippen LogP contribution in [-0.4, -0.2) is 60.4 Å². The van der Waals surface area contributed by atoms with E-state index in [-0.39, 0.29) is 24.3 Å². The molecule has 5 heteroatoms. The summed E-state index contributed by atoms with van der Waals surface area (Å²) in [5.74, 6) is -0.187. The number of nitrogens with zero attached hydrogens (tertiary/aromatic N) is 3. The van der Waals surface area contributed by atoms with E-state index in [0.29, 0.717) is 5.69 Å². The summed E-state index contributed by atoms with van der Waals surface area (Å²) in [4.78, 5) is 31.4. The number of anilines is 1. The molecule has 0 unspecified atom stereocenters. The third-order valence-corrected chi connectivity index (χ3v) is 5.74. The molecule has 150 valence electrons. The molecule has 0 bridgehead atoms. The second-order valence-electron chi connectivity index (χ2n) is 7.77. The normalized spacial score (nSPS) is 21.4. The first-order valence-electron chi connectivity index (χ1n) is 10.2. The average Bonchev–Trinajstić information content (AvgIpc) is 3.04. The zero-order valence-electron chi connectivity index (χ0n) is 16.8. The summed E-state index contributed by atoms with van der Waals surface area (Å²) in [6, 6.07) is 17.5. The van der Waals surface area contributed by atoms with Crippen LogP contribution in [0.4, 0.5) is 5.69 Å². The Morgan fingerprint density at radius 1 is 0.931 bits per heavy atom. The Morgan fingerprint density at radius 2 is 1.62 bits per heavy atom. The average molecular weight is 389 g/mol. The fourth-order valence-electron chi connectivity index (χ4n) is 4.03. The largest absolute Gasteiger partial charge is 0.297 e. The Morgan fingerprint density at radius 3 is 2.31 bits per heavy atom. The Balaban J connectivity index is 1.31. The van der Waals surface area contributed by atoms with E-state index in [1.807, 2.05) is 49.4 Å². The summed E-state index contributed by atoms with van der Waals surface area (Å²) in [6.45, 7) is 6.32. The zero-order chi connectivity index (χ0) is 20.2. The van der Waals surface area contributed by atoms with Gasteiger partial charge in [0.25, 0.3) is 5.91 Å². The molecule has 0 spiro atoms. The number of aryl methyl sites for hydroxylation is 1. The van der Waals surface area contributed by atoms with E-state index in [2.05, 4.69) is 34.1 Å². The van der Waals surface area contributed by atoms with Gasteiger partial charge in [-0.05, 0) is 24.6 Å². The summed E-state index contributed by atoms with van der Waals surface area (Å²) >= 11 is 0. The standard InChI is InChI=1S/C24H27N3O2/c1-19-9-11-21(12-10-19)27-23(28)18-22(24(27)29)26-16-14-25(15-17-26)13-5-8-20-6-3-2-4-7-20/h2-12,22H,13-18H2,1H3/b8-5+/t22-/m0/s1. The molecule has 2 amide bonds. The number of hydrogen-bond donors (Lipinski definition) is 0. The van der Waals surface area contributed by atoms with Crippen LogP contribution in [0.5, 0.6) is 0 Å². The van der Waals surface area contributed by atoms with Crippen molar-refractivity contribution in [2.24, 2.45) is 0 Å². The Hall–Kier alpha value is -2.76. The lowest BCUT2D eigenvalue weighted by Crippen LogP contribution is -2.52. The molecule has 0 aliphatic carbocycles. The highest BCUT2D eigenvalue weighted by atomic mass is 16.2. The maximum Gasteiger partial charge on any atom is 0.251 e. The van der Waals surface area contributed by atoms with Crippen LogP contribution in [0.3, 0.4) is 0 Å². The van der Waals surface area contributed by atoms with E-state index in [1.165, 1.54) is 10.5 Å². The van der Waals surface area contributed by atoms with Crippen molar-refractivity contribution in [3.63, 3.8) is 0 Å². The molecule has 2 heterocycles. The Bertz CT molecular complexity index is 884. The lowest BCUT2D eigenvalue weighted by molar-refractivity contribution is -0.123. The predicted molar refractivity (Wildman–Crippen MR) is 116 cm³/mol. The number of imide groups is 1. The van der Waals surface area contributed by atoms with Gasteiger partial charge in [-0.2, -0.15) is 0 Å². The number of carbonyl (C=O) groups is 2. The van der Waals surface area contributed by atoms with Crippen molar-refractivity contribution in [3.05, 3.63) is 71.8 Å². The minimum Gasteiger partial charge on any atom is -0.297 e. The molecule has 1 atom stereocenters. The number of amides is 2. The van der Waals surface area contributed by atoms with E-state index in [0.717, 1.165) is 38.3 Å². The zero-order valence-corrected chi connectivity index (χ0v) is 16.8. The first-order chi connectivity index (χ1) is 14.1. The Kier molecular flexibility index (Phi) is 5.88. The molecule has 2 aliphatic rings. The van der Waals surface area contributed by atoms with Gasteiger partial charge in [0.15, 0.2) is 0 Å². The molecular formula is C24H27N3O2. The highest BCUT2D eigenvalue weighted by Gasteiger charge is 2.43. The topological polar surface area (TPSA) is 43.9 Å². The summed E-state index contributed by atoms with van der Waals surface area (Å²) in [5, 5.41) is 0. The first kappa shape index (κ1) is 19.6. The van der Waals surface area contributed by atoms with Gasteiger partial charge in [-0.15, -0.1) is 0 Å². The van der Waals surface area contributed by atoms with Crippen LogP contribution in [0.1, 0.15) is 17.5 Å². The minimum atomic E-state index is -0.328. The lowest BCUT2D eigenvalue weighted by Gasteiger charge is -2.36. The molecule has 4 rings (SSSR count). The molecule has 0 saturated carbocycles. The number of carbonyl (C=O) groups excluding carboxylic acids is 2. The molecule has 0 aromatic heterocycles. The van der Waals surface area contributed by atoms with Gasteiger partial charge in [-0.25, -0.2) is 4.90 Å². The van der Waals surface area contributed by atoms with Crippen LogP contribution < -0.4 is 4.90 Å². The van der Waals surface area contributed by atoms with Crippen LogP contribution in [0, 0.1) is 6.92 Å². The van der Waals surface area contributed by atoms with E-state index in [1.54, 1.807) is 0 Å². The molecular weight excluding hydrogens is 362 g/mol. The van der Waals surface area contributed by atoms with E-state index in [4.69, 9.17) is 0 Å². The van der Waals surface area contributed by atoms with Crippen LogP contribution in [0.15, 0.2) is 60.7 Å². The quantitative estimate of drug-likeness (QED) is 0.738. The third-order valence-electron chi connectivity index (χ3n) is 5.74. The van der Waals surface area contributed by atoms with E-state index >= 15 is 0 Å². The van der Waals surface area contributed by atoms with Crippen molar-refractivity contribution < 1.29 is 9.59 Å². The monoisotopic (exact) mass is 389 g/mol. The van der Waals surface area contributed by atoms with Gasteiger partial charge in [0.05, 0.1) is 18.2 Å². The van der Waals surface area contributed by atoms with Gasteiger partial charge in [-0.3, -0.25) is 19.4 Å². The van der Waals surface area contributed by atoms with Crippen molar-refractivity contribution in [2.45, 2.75) is 19.4 Å². The van der Waals surface area contributed by atoms with Crippen molar-refractivity contribution in [2.75, 3.05) is 37.6 Å². The molecule has 2 fully saturated rings. The van der Waals surface area contributed by atoms with E-state index in [9.17, 15) is 9.59 Å². The number of benzene rings is 2. The molecule has 0 N–H and O–H groups in total. The summed E-state index contributed by atoms with van der Waals surface area (Å²) < 4.78 is 0. The summed E-state index contributed by atoms with van der Waals surface area (Å²) in [7, 11) is 0. The molecule has 0 radical (unpaired) electrons. The van der Waals surface area contributed by atoms with Crippen LogP contribution in [0.25, 0.3) is 6.08 Å². The predicted octanol–water partition coefficient (Wildman–Crippen LogP) is 2.96. The fourth-order valence-corrected chi connectivity index (χ4v) is 4.03. The second-order valence-corrected chi connectivity index (χ2v) is 7.77. The smallest absolute Gasteiger partial charge is 0.251 e. The van der Waals surface area contributed by atoms with Gasteiger partial charge < -0.3 is 0 Å². The lowest BCUT2D eigenvalue weighted by atomic mass is 10.1. The number of hydrogen-bond acceptors (Lipinski definition) is 4. The summed E-state index contributed by atoms with van der Waals surface area (Å²) in [6.07, 6.45) is 4.61. The van der Waals surface area contributed by atoms with Gasteiger partial charge in [0.2, 0.25) is 5.91 Å². The molecule has 5 nitrogen and oxygen atoms in total. The highest BCUT2D eigenvalue weighted by Crippen LogP contribution is 2.26. The molecule has 29 heavy (non-hydrogen) atoms. The highest BCUT2D eigenvalue weighted by molar-refractivity contribution is 6.22. The molecule has 2 aromatic rings. The maximum absolute atomic E-state index is 12.9. The van der Waals surface area contributed by atoms with E-state index < -0.39 is 0 Å². The first-order valence-corrected chi connectivity index (χ1v) is 10.2. The van der Waals surface area contributed by atoms with Crippen LogP contribution >= 0.6 is 0 Å². The van der Waals surface area contributed by atoms with Crippen molar-refractivity contribution in [3.8, 4) is 0 Å². The van der Waals surface area contributed by atoms with Crippen LogP contribution in [0.2, 0.25) is 0 Å². The third kappa shape index (κ3) is 4.47. The SMILES string of the molecule is Cc1ccc(N2C(=O)C[C@H](N3CCN(C/C=C/c4ccccc4)CC3)C2=O)cc1. The maximum atomic E-state index is 12.9. The van der Waals surface area contributed by atoms with Gasteiger partial charge in [0.1, 0.15) is 0 Å². The number of piperazine rings is 1. The van der Waals surface area contributed by atoms with Crippen molar-refractivity contribution in [1.29, 1.82) is 0 Å². The van der Waals surface area contributed by atoms with Gasteiger partial charge in [-0.1, -0.05) is 60.2 Å². The van der Waals surface area contributed by atoms with Crippen molar-refractivity contribution in [1.82, 2.24) is 9.80 Å². The molecule has 2 saturated heterocycles. The second kappa shape index (κ2) is 8.72. The minimum absolute atomic E-state index is 0.0868. The van der Waals surface area contributed by atoms with Crippen LogP contribution in [-0.2, 0) is 9.59 Å². The summed E-state index contributed by atoms with van der Waals surface area (Å²) in [5.41, 5.74) is 3.00.